The average Bonchev–Trinajstić information content (AvgIpc) is 2.53. The molecule has 146 valence electrons. The van der Waals surface area contributed by atoms with Gasteiger partial charge in [-0.15, -0.1) is 0 Å². The molecule has 0 aliphatic heterocycles. The first-order chi connectivity index (χ1) is 12.5. The second kappa shape index (κ2) is 8.11. The second-order valence-corrected chi connectivity index (χ2v) is 6.57. The Balaban J connectivity index is 2.59. The van der Waals surface area contributed by atoms with E-state index in [1.165, 1.54) is 6.07 Å². The lowest BCUT2D eigenvalue weighted by atomic mass is 9.90. The van der Waals surface area contributed by atoms with Gasteiger partial charge in [-0.1, -0.05) is 17.7 Å². The zero-order valence-electron chi connectivity index (χ0n) is 15.8. The number of esters is 1. The third-order valence-electron chi connectivity index (χ3n) is 4.32. The maximum atomic E-state index is 14.5. The molecule has 0 amide bonds. The fourth-order valence-electron chi connectivity index (χ4n) is 3.32. The molecule has 0 radical (unpaired) electrons. The first-order valence-corrected chi connectivity index (χ1v) is 8.68. The Morgan fingerprint density at radius 2 is 1.63 bits per heavy atom. The molecule has 0 unspecified atom stereocenters. The van der Waals surface area contributed by atoms with Gasteiger partial charge in [0.05, 0.1) is 12.2 Å². The lowest BCUT2D eigenvalue weighted by Crippen LogP contribution is -2.12. The van der Waals surface area contributed by atoms with Gasteiger partial charge in [0.25, 0.3) is 0 Å². The maximum absolute atomic E-state index is 14.5. The molecule has 0 aliphatic carbocycles. The molecule has 0 aromatic heterocycles. The molecular formula is C21H22F4O2. The van der Waals surface area contributed by atoms with E-state index in [1.54, 1.807) is 6.92 Å². The van der Waals surface area contributed by atoms with Gasteiger partial charge in [-0.05, 0) is 74.1 Å². The van der Waals surface area contributed by atoms with Gasteiger partial charge in [0.15, 0.2) is 0 Å². The van der Waals surface area contributed by atoms with Crippen molar-refractivity contribution in [1.82, 2.24) is 0 Å². The summed E-state index contributed by atoms with van der Waals surface area (Å²) in [7, 11) is 0. The van der Waals surface area contributed by atoms with Crippen molar-refractivity contribution < 1.29 is 27.1 Å². The summed E-state index contributed by atoms with van der Waals surface area (Å²) in [6.45, 7) is 7.32. The van der Waals surface area contributed by atoms with Crippen LogP contribution in [0.3, 0.4) is 0 Å². The van der Waals surface area contributed by atoms with E-state index < -0.39 is 23.5 Å². The summed E-state index contributed by atoms with van der Waals surface area (Å²) in [6.07, 6.45) is -5.17. The lowest BCUT2D eigenvalue weighted by molar-refractivity contribution is -0.143. The molecule has 2 nitrogen and oxygen atoms in total. The van der Waals surface area contributed by atoms with Crippen LogP contribution in [-0.2, 0) is 22.1 Å². The van der Waals surface area contributed by atoms with Crippen LogP contribution < -0.4 is 0 Å². The number of halogens is 4. The fourth-order valence-corrected chi connectivity index (χ4v) is 3.32. The van der Waals surface area contributed by atoms with Crippen molar-refractivity contribution in [3.8, 4) is 11.1 Å². The number of carbonyl (C=O) groups excluding carboxylic acids is 1. The first kappa shape index (κ1) is 20.9. The molecule has 0 heterocycles. The maximum Gasteiger partial charge on any atom is 0.419 e. The van der Waals surface area contributed by atoms with Gasteiger partial charge in [0, 0.05) is 6.42 Å². The Morgan fingerprint density at radius 3 is 2.15 bits per heavy atom. The van der Waals surface area contributed by atoms with Crippen molar-refractivity contribution in [2.24, 2.45) is 0 Å². The number of benzene rings is 2. The minimum atomic E-state index is -4.83. The molecular weight excluding hydrogens is 360 g/mol. The van der Waals surface area contributed by atoms with Crippen molar-refractivity contribution in [2.75, 3.05) is 6.61 Å². The molecule has 27 heavy (non-hydrogen) atoms. The van der Waals surface area contributed by atoms with E-state index in [2.05, 4.69) is 0 Å². The smallest absolute Gasteiger partial charge is 0.419 e. The molecule has 0 bridgehead atoms. The predicted molar refractivity (Wildman–Crippen MR) is 96.0 cm³/mol. The highest BCUT2D eigenvalue weighted by Gasteiger charge is 2.36. The number of aryl methyl sites for hydroxylation is 4. The summed E-state index contributed by atoms with van der Waals surface area (Å²) in [4.78, 5) is 11.5. The highest BCUT2D eigenvalue weighted by molar-refractivity contribution is 5.73. The van der Waals surface area contributed by atoms with Crippen LogP contribution >= 0.6 is 0 Å². The van der Waals surface area contributed by atoms with Crippen LogP contribution in [0.2, 0.25) is 0 Å². The fraction of sp³-hybridized carbons (Fsp3) is 0.381. The number of carbonyl (C=O) groups is 1. The molecule has 0 saturated carbocycles. The zero-order valence-corrected chi connectivity index (χ0v) is 15.8. The SMILES string of the molecule is CCOC(=O)CCc1cc(-c2c(C)cc(C)cc2C)cc(C(F)(F)F)c1F. The topological polar surface area (TPSA) is 26.3 Å². The number of alkyl halides is 3. The summed E-state index contributed by atoms with van der Waals surface area (Å²) in [6, 6.07) is 5.98. The Labute approximate surface area is 156 Å². The number of rotatable bonds is 5. The van der Waals surface area contributed by atoms with E-state index >= 15 is 0 Å². The molecule has 0 fully saturated rings. The summed E-state index contributed by atoms with van der Waals surface area (Å²) in [5, 5.41) is 0. The van der Waals surface area contributed by atoms with E-state index in [4.69, 9.17) is 4.74 Å². The normalized spacial score (nSPS) is 11.6. The lowest BCUT2D eigenvalue weighted by Gasteiger charge is -2.17. The van der Waals surface area contributed by atoms with Crippen LogP contribution in [0.4, 0.5) is 17.6 Å². The molecule has 0 atom stereocenters. The standard InChI is InChI=1S/C21H22F4O2/c1-5-27-18(26)7-6-15-10-16(11-17(20(15)22)21(23,24)25)19-13(3)8-12(2)9-14(19)4/h8-11H,5-7H2,1-4H3. The van der Waals surface area contributed by atoms with Crippen LogP contribution in [0.25, 0.3) is 11.1 Å². The van der Waals surface area contributed by atoms with E-state index in [0.717, 1.165) is 22.8 Å². The van der Waals surface area contributed by atoms with Gasteiger partial charge in [0.1, 0.15) is 5.82 Å². The highest BCUT2D eigenvalue weighted by atomic mass is 19.4. The highest BCUT2D eigenvalue weighted by Crippen LogP contribution is 2.38. The van der Waals surface area contributed by atoms with Gasteiger partial charge in [0.2, 0.25) is 0 Å². The summed E-state index contributed by atoms with van der Waals surface area (Å²) in [5.74, 6) is -1.91. The minimum Gasteiger partial charge on any atom is -0.466 e. The molecule has 0 saturated heterocycles. The minimum absolute atomic E-state index is 0.146. The van der Waals surface area contributed by atoms with E-state index in [1.807, 2.05) is 32.9 Å². The van der Waals surface area contributed by atoms with Gasteiger partial charge in [-0.25, -0.2) is 4.39 Å². The van der Waals surface area contributed by atoms with Gasteiger partial charge >= 0.3 is 12.1 Å². The van der Waals surface area contributed by atoms with Crippen LogP contribution in [0.5, 0.6) is 0 Å². The largest absolute Gasteiger partial charge is 0.466 e. The van der Waals surface area contributed by atoms with Gasteiger partial charge < -0.3 is 4.74 Å². The zero-order chi connectivity index (χ0) is 20.4. The summed E-state index contributed by atoms with van der Waals surface area (Å²) < 4.78 is 59.4. The van der Waals surface area contributed by atoms with Crippen molar-refractivity contribution in [2.45, 2.75) is 46.7 Å². The van der Waals surface area contributed by atoms with Crippen LogP contribution in [0.15, 0.2) is 24.3 Å². The monoisotopic (exact) mass is 382 g/mol. The van der Waals surface area contributed by atoms with E-state index in [-0.39, 0.29) is 30.6 Å². The van der Waals surface area contributed by atoms with Crippen molar-refractivity contribution in [1.29, 1.82) is 0 Å². The molecule has 0 aliphatic rings. The predicted octanol–water partition coefficient (Wildman–Crippen LogP) is 5.93. The number of hydrogen-bond donors (Lipinski definition) is 0. The Bertz CT molecular complexity index is 831. The molecule has 6 heteroatoms. The summed E-state index contributed by atoms with van der Waals surface area (Å²) in [5.41, 5.74) is 2.08. The molecule has 2 aromatic rings. The number of hydrogen-bond acceptors (Lipinski definition) is 2. The molecule has 2 rings (SSSR count). The molecule has 0 N–H and O–H groups in total. The third kappa shape index (κ3) is 4.87. The first-order valence-electron chi connectivity index (χ1n) is 8.68. The average molecular weight is 382 g/mol. The summed E-state index contributed by atoms with van der Waals surface area (Å²) >= 11 is 0. The molecule has 0 spiro atoms. The quantitative estimate of drug-likeness (QED) is 0.473. The van der Waals surface area contributed by atoms with E-state index in [0.29, 0.717) is 5.56 Å². The Hall–Kier alpha value is -2.37. The van der Waals surface area contributed by atoms with Crippen LogP contribution in [-0.4, -0.2) is 12.6 Å². The second-order valence-electron chi connectivity index (χ2n) is 6.57. The van der Waals surface area contributed by atoms with Crippen molar-refractivity contribution >= 4 is 5.97 Å². The van der Waals surface area contributed by atoms with E-state index in [9.17, 15) is 22.4 Å². The van der Waals surface area contributed by atoms with Crippen LogP contribution in [0.1, 0.15) is 41.2 Å². The van der Waals surface area contributed by atoms with Crippen molar-refractivity contribution in [3.05, 3.63) is 57.9 Å². The van der Waals surface area contributed by atoms with Gasteiger partial charge in [-0.2, -0.15) is 13.2 Å². The third-order valence-corrected chi connectivity index (χ3v) is 4.32. The van der Waals surface area contributed by atoms with Crippen molar-refractivity contribution in [3.63, 3.8) is 0 Å². The Morgan fingerprint density at radius 1 is 1.04 bits per heavy atom. The van der Waals surface area contributed by atoms with Crippen LogP contribution in [0, 0.1) is 26.6 Å². The molecule has 2 aromatic carbocycles. The number of ether oxygens (including phenoxy) is 1. The van der Waals surface area contributed by atoms with Gasteiger partial charge in [-0.3, -0.25) is 4.79 Å². The Kier molecular flexibility index (Phi) is 6.29.